The van der Waals surface area contributed by atoms with Crippen molar-refractivity contribution in [3.8, 4) is 0 Å². The number of guanidine groups is 1. The SMILES string of the molecule is CCCCN(C)CCNC(=NCC(=O)N(C)C)NCC.I. The summed E-state index contributed by atoms with van der Waals surface area (Å²) in [5.74, 6) is 0.703. The summed E-state index contributed by atoms with van der Waals surface area (Å²) in [5, 5.41) is 6.39. The lowest BCUT2D eigenvalue weighted by Crippen LogP contribution is -2.41. The predicted molar refractivity (Wildman–Crippen MR) is 100 cm³/mol. The lowest BCUT2D eigenvalue weighted by Gasteiger charge is -2.18. The summed E-state index contributed by atoms with van der Waals surface area (Å²) >= 11 is 0. The maximum atomic E-state index is 11.5. The van der Waals surface area contributed by atoms with E-state index in [1.807, 2.05) is 6.92 Å². The number of carbonyl (C=O) groups is 1. The summed E-state index contributed by atoms with van der Waals surface area (Å²) < 4.78 is 0. The largest absolute Gasteiger partial charge is 0.357 e. The molecule has 0 aliphatic rings. The van der Waals surface area contributed by atoms with Gasteiger partial charge in [-0.2, -0.15) is 0 Å². The van der Waals surface area contributed by atoms with Crippen LogP contribution in [0.1, 0.15) is 26.7 Å². The smallest absolute Gasteiger partial charge is 0.243 e. The molecule has 126 valence electrons. The topological polar surface area (TPSA) is 60.0 Å². The molecule has 0 saturated carbocycles. The van der Waals surface area contributed by atoms with Crippen molar-refractivity contribution in [3.63, 3.8) is 0 Å². The maximum absolute atomic E-state index is 11.5. The molecule has 0 atom stereocenters. The minimum absolute atomic E-state index is 0. The minimum Gasteiger partial charge on any atom is -0.357 e. The fraction of sp³-hybridized carbons (Fsp3) is 0.857. The number of unbranched alkanes of at least 4 members (excludes halogenated alkanes) is 1. The summed E-state index contributed by atoms with van der Waals surface area (Å²) in [5.41, 5.74) is 0. The van der Waals surface area contributed by atoms with Crippen molar-refractivity contribution in [2.24, 2.45) is 4.99 Å². The van der Waals surface area contributed by atoms with E-state index in [1.165, 1.54) is 12.8 Å². The van der Waals surface area contributed by atoms with Crippen LogP contribution in [-0.4, -0.2) is 75.5 Å². The zero-order valence-corrected chi connectivity index (χ0v) is 16.4. The molecular formula is C14H32IN5O. The summed E-state index contributed by atoms with van der Waals surface area (Å²) in [4.78, 5) is 19.6. The number of hydrogen-bond acceptors (Lipinski definition) is 3. The summed E-state index contributed by atoms with van der Waals surface area (Å²) in [7, 11) is 5.60. The number of rotatable bonds is 9. The first kappa shape index (κ1) is 22.7. The van der Waals surface area contributed by atoms with Gasteiger partial charge in [-0.05, 0) is 26.9 Å². The van der Waals surface area contributed by atoms with E-state index in [9.17, 15) is 4.79 Å². The zero-order chi connectivity index (χ0) is 15.4. The van der Waals surface area contributed by atoms with Crippen LogP contribution in [0.4, 0.5) is 0 Å². The molecule has 0 unspecified atom stereocenters. The van der Waals surface area contributed by atoms with Gasteiger partial charge in [0.2, 0.25) is 5.91 Å². The molecular weight excluding hydrogens is 381 g/mol. The molecule has 0 fully saturated rings. The fourth-order valence-corrected chi connectivity index (χ4v) is 1.53. The van der Waals surface area contributed by atoms with Gasteiger partial charge in [-0.1, -0.05) is 13.3 Å². The molecule has 0 bridgehead atoms. The van der Waals surface area contributed by atoms with Gasteiger partial charge in [-0.3, -0.25) is 4.79 Å². The van der Waals surface area contributed by atoms with E-state index in [1.54, 1.807) is 19.0 Å². The van der Waals surface area contributed by atoms with E-state index in [0.29, 0.717) is 5.96 Å². The average molecular weight is 413 g/mol. The Hall–Kier alpha value is -0.570. The number of hydrogen-bond donors (Lipinski definition) is 2. The van der Waals surface area contributed by atoms with Crippen LogP contribution in [0.5, 0.6) is 0 Å². The minimum atomic E-state index is 0. The van der Waals surface area contributed by atoms with Gasteiger partial charge in [-0.15, -0.1) is 24.0 Å². The molecule has 0 aromatic carbocycles. The molecule has 0 spiro atoms. The van der Waals surface area contributed by atoms with Gasteiger partial charge in [-0.25, -0.2) is 4.99 Å². The summed E-state index contributed by atoms with van der Waals surface area (Å²) in [6.45, 7) is 8.07. The van der Waals surface area contributed by atoms with Gasteiger partial charge >= 0.3 is 0 Å². The van der Waals surface area contributed by atoms with Gasteiger partial charge in [0.1, 0.15) is 6.54 Å². The monoisotopic (exact) mass is 413 g/mol. The Morgan fingerprint density at radius 1 is 1.10 bits per heavy atom. The third kappa shape index (κ3) is 12.9. The second kappa shape index (κ2) is 14.4. The maximum Gasteiger partial charge on any atom is 0.243 e. The Morgan fingerprint density at radius 3 is 2.29 bits per heavy atom. The lowest BCUT2D eigenvalue weighted by molar-refractivity contribution is -0.127. The van der Waals surface area contributed by atoms with E-state index in [4.69, 9.17) is 0 Å². The number of nitrogens with zero attached hydrogens (tertiary/aromatic N) is 3. The zero-order valence-electron chi connectivity index (χ0n) is 14.1. The van der Waals surface area contributed by atoms with Crippen LogP contribution in [0, 0.1) is 0 Å². The average Bonchev–Trinajstić information content (AvgIpc) is 2.41. The van der Waals surface area contributed by atoms with Crippen LogP contribution in [0.2, 0.25) is 0 Å². The first-order valence-electron chi connectivity index (χ1n) is 7.42. The van der Waals surface area contributed by atoms with Gasteiger partial charge in [0.15, 0.2) is 5.96 Å². The van der Waals surface area contributed by atoms with E-state index in [2.05, 4.69) is 34.5 Å². The molecule has 0 aromatic rings. The molecule has 0 saturated heterocycles. The molecule has 0 rings (SSSR count). The standard InChI is InChI=1S/C14H31N5O.HI/c1-6-8-10-19(5)11-9-16-14(15-7-2)17-12-13(20)18(3)4;/h6-12H2,1-5H3,(H2,15,16,17);1H. The molecule has 0 aliphatic heterocycles. The van der Waals surface area contributed by atoms with Gasteiger partial charge in [0, 0.05) is 33.7 Å². The fourth-order valence-electron chi connectivity index (χ4n) is 1.53. The van der Waals surface area contributed by atoms with Crippen molar-refractivity contribution >= 4 is 35.8 Å². The molecule has 1 amide bonds. The first-order valence-corrected chi connectivity index (χ1v) is 7.42. The highest BCUT2D eigenvalue weighted by atomic mass is 127. The molecule has 2 N–H and O–H groups in total. The van der Waals surface area contributed by atoms with Crippen LogP contribution in [-0.2, 0) is 4.79 Å². The van der Waals surface area contributed by atoms with Crippen LogP contribution < -0.4 is 10.6 Å². The van der Waals surface area contributed by atoms with Crippen molar-refractivity contribution < 1.29 is 4.79 Å². The molecule has 7 heteroatoms. The van der Waals surface area contributed by atoms with Crippen LogP contribution >= 0.6 is 24.0 Å². The Kier molecular flexibility index (Phi) is 15.5. The highest BCUT2D eigenvalue weighted by Gasteiger charge is 2.04. The number of halogens is 1. The van der Waals surface area contributed by atoms with Crippen LogP contribution in [0.25, 0.3) is 0 Å². The summed E-state index contributed by atoms with van der Waals surface area (Å²) in [6.07, 6.45) is 2.44. The second-order valence-corrected chi connectivity index (χ2v) is 5.07. The Morgan fingerprint density at radius 2 is 1.76 bits per heavy atom. The van der Waals surface area contributed by atoms with Crippen LogP contribution in [0.15, 0.2) is 4.99 Å². The second-order valence-electron chi connectivity index (χ2n) is 5.07. The van der Waals surface area contributed by atoms with Crippen molar-refractivity contribution in [2.45, 2.75) is 26.7 Å². The molecule has 0 radical (unpaired) electrons. The number of amides is 1. The Labute approximate surface area is 146 Å². The summed E-state index contributed by atoms with van der Waals surface area (Å²) in [6, 6.07) is 0. The molecule has 0 aliphatic carbocycles. The third-order valence-corrected chi connectivity index (χ3v) is 2.89. The molecule has 0 aromatic heterocycles. The quantitative estimate of drug-likeness (QED) is 0.336. The van der Waals surface area contributed by atoms with Gasteiger partial charge in [0.25, 0.3) is 0 Å². The van der Waals surface area contributed by atoms with E-state index in [0.717, 1.165) is 26.2 Å². The number of carbonyl (C=O) groups excluding carboxylic acids is 1. The molecule has 21 heavy (non-hydrogen) atoms. The van der Waals surface area contributed by atoms with Gasteiger partial charge < -0.3 is 20.4 Å². The van der Waals surface area contributed by atoms with E-state index in [-0.39, 0.29) is 36.4 Å². The normalized spacial score (nSPS) is 11.0. The number of nitrogens with one attached hydrogen (secondary N) is 2. The number of likely N-dealkylation sites (N-methyl/N-ethyl adjacent to an activating group) is 2. The van der Waals surface area contributed by atoms with Crippen molar-refractivity contribution in [1.82, 2.24) is 20.4 Å². The first-order chi connectivity index (χ1) is 9.51. The predicted octanol–water partition coefficient (Wildman–Crippen LogP) is 0.980. The van der Waals surface area contributed by atoms with Crippen molar-refractivity contribution in [2.75, 3.05) is 53.9 Å². The third-order valence-electron chi connectivity index (χ3n) is 2.89. The Balaban J connectivity index is 0. The lowest BCUT2D eigenvalue weighted by atomic mass is 10.3. The van der Waals surface area contributed by atoms with Crippen LogP contribution in [0.3, 0.4) is 0 Å². The van der Waals surface area contributed by atoms with Crippen molar-refractivity contribution in [3.05, 3.63) is 0 Å². The van der Waals surface area contributed by atoms with Gasteiger partial charge in [0.05, 0.1) is 0 Å². The molecule has 0 heterocycles. The highest BCUT2D eigenvalue weighted by Crippen LogP contribution is 1.90. The van der Waals surface area contributed by atoms with E-state index < -0.39 is 0 Å². The number of aliphatic imine (C=N–C) groups is 1. The Bertz CT molecular complexity index is 297. The van der Waals surface area contributed by atoms with Crippen molar-refractivity contribution in [1.29, 1.82) is 0 Å². The molecule has 6 nitrogen and oxygen atoms in total. The highest BCUT2D eigenvalue weighted by molar-refractivity contribution is 14.0. The van der Waals surface area contributed by atoms with E-state index >= 15 is 0 Å².